The number of nitriles is 1. The third-order valence-electron chi connectivity index (χ3n) is 3.44. The fourth-order valence-corrected chi connectivity index (χ4v) is 2.37. The van der Waals surface area contributed by atoms with Crippen molar-refractivity contribution in [3.05, 3.63) is 65.2 Å². The summed E-state index contributed by atoms with van der Waals surface area (Å²) in [7, 11) is 1.43. The number of nitrogens with zero attached hydrogens (tertiary/aromatic N) is 2. The molecule has 0 bridgehead atoms. The first-order valence-electron chi connectivity index (χ1n) is 7.60. The highest BCUT2D eigenvalue weighted by Crippen LogP contribution is 2.22. The molecule has 0 heterocycles. The minimum atomic E-state index is 0.244. The van der Waals surface area contributed by atoms with Crippen molar-refractivity contribution in [1.29, 1.82) is 5.26 Å². The molecule has 4 nitrogen and oxygen atoms in total. The highest BCUT2D eigenvalue weighted by atomic mass is 16.6. The first-order chi connectivity index (χ1) is 11.3. The lowest BCUT2D eigenvalue weighted by Crippen LogP contribution is -2.07. The summed E-state index contributed by atoms with van der Waals surface area (Å²) < 4.78 is 5.98. The molecule has 0 aromatic heterocycles. The largest absolute Gasteiger partial charge is 0.489 e. The molecular formula is C19H20N2O2. The van der Waals surface area contributed by atoms with Gasteiger partial charge in [0, 0.05) is 5.56 Å². The number of hydrogen-bond donors (Lipinski definition) is 0. The van der Waals surface area contributed by atoms with Gasteiger partial charge in [0.15, 0.2) is 5.71 Å². The Balaban J connectivity index is 2.22. The lowest BCUT2D eigenvalue weighted by molar-refractivity contribution is 0.214. The fraction of sp³-hybridized carbons (Fsp3) is 0.263. The van der Waals surface area contributed by atoms with Crippen molar-refractivity contribution in [3.63, 3.8) is 0 Å². The average Bonchev–Trinajstić information content (AvgIpc) is 2.59. The van der Waals surface area contributed by atoms with Crippen LogP contribution < -0.4 is 4.74 Å². The van der Waals surface area contributed by atoms with Crippen molar-refractivity contribution in [2.75, 3.05) is 7.11 Å². The Morgan fingerprint density at radius 1 is 1.09 bits per heavy atom. The number of benzene rings is 2. The number of rotatable bonds is 7. The van der Waals surface area contributed by atoms with Crippen molar-refractivity contribution in [1.82, 2.24) is 0 Å². The van der Waals surface area contributed by atoms with E-state index in [1.807, 2.05) is 42.5 Å². The molecule has 0 atom stereocenters. The van der Waals surface area contributed by atoms with Gasteiger partial charge in [-0.05, 0) is 23.6 Å². The maximum absolute atomic E-state index is 9.23. The second-order valence-electron chi connectivity index (χ2n) is 5.04. The molecule has 0 saturated heterocycles. The third-order valence-corrected chi connectivity index (χ3v) is 3.44. The molecule has 23 heavy (non-hydrogen) atoms. The monoisotopic (exact) mass is 308 g/mol. The topological polar surface area (TPSA) is 54.6 Å². The lowest BCUT2D eigenvalue weighted by Gasteiger charge is -2.13. The molecule has 118 valence electrons. The summed E-state index contributed by atoms with van der Waals surface area (Å²) in [6, 6.07) is 17.7. The van der Waals surface area contributed by atoms with Gasteiger partial charge in [0.1, 0.15) is 25.5 Å². The van der Waals surface area contributed by atoms with E-state index in [2.05, 4.69) is 24.2 Å². The van der Waals surface area contributed by atoms with Gasteiger partial charge in [-0.2, -0.15) is 5.26 Å². The van der Waals surface area contributed by atoms with Crippen LogP contribution in [0.25, 0.3) is 0 Å². The van der Waals surface area contributed by atoms with E-state index in [4.69, 9.17) is 9.57 Å². The predicted molar refractivity (Wildman–Crippen MR) is 90.4 cm³/mol. The van der Waals surface area contributed by atoms with E-state index < -0.39 is 0 Å². The molecule has 0 unspecified atom stereocenters. The molecule has 0 aliphatic rings. The zero-order valence-corrected chi connectivity index (χ0v) is 13.5. The first-order valence-corrected chi connectivity index (χ1v) is 7.60. The zero-order chi connectivity index (χ0) is 16.5. The average molecular weight is 308 g/mol. The van der Waals surface area contributed by atoms with Crippen LogP contribution >= 0.6 is 0 Å². The smallest absolute Gasteiger partial charge is 0.187 e. The van der Waals surface area contributed by atoms with Gasteiger partial charge in [-0.15, -0.1) is 0 Å². The Hall–Kier alpha value is -2.80. The molecule has 0 radical (unpaired) electrons. The van der Waals surface area contributed by atoms with E-state index in [1.54, 1.807) is 0 Å². The minimum absolute atomic E-state index is 0.244. The van der Waals surface area contributed by atoms with Crippen molar-refractivity contribution in [3.8, 4) is 11.8 Å². The molecule has 2 aromatic carbocycles. The summed E-state index contributed by atoms with van der Waals surface area (Å²) in [6.07, 6.45) is 2.04. The van der Waals surface area contributed by atoms with Gasteiger partial charge in [-0.1, -0.05) is 61.0 Å². The molecule has 4 heteroatoms. The second kappa shape index (κ2) is 8.60. The van der Waals surface area contributed by atoms with Gasteiger partial charge in [0.25, 0.3) is 0 Å². The summed E-state index contributed by atoms with van der Waals surface area (Å²) in [6.45, 7) is 2.52. The summed E-state index contributed by atoms with van der Waals surface area (Å²) in [5.74, 6) is 0.881. The summed E-state index contributed by atoms with van der Waals surface area (Å²) in [5, 5.41) is 13.0. The van der Waals surface area contributed by atoms with Gasteiger partial charge in [-0.25, -0.2) is 0 Å². The zero-order valence-electron chi connectivity index (χ0n) is 13.5. The van der Waals surface area contributed by atoms with Crippen LogP contribution in [-0.4, -0.2) is 12.8 Å². The van der Waals surface area contributed by atoms with Crippen molar-refractivity contribution in [2.24, 2.45) is 5.16 Å². The molecule has 0 amide bonds. The molecule has 0 aliphatic carbocycles. The molecule has 0 saturated carbocycles. The number of oxime groups is 1. The molecular weight excluding hydrogens is 288 g/mol. The number of aryl methyl sites for hydroxylation is 1. The van der Waals surface area contributed by atoms with Crippen molar-refractivity contribution < 1.29 is 9.57 Å². The Morgan fingerprint density at radius 2 is 1.78 bits per heavy atom. The van der Waals surface area contributed by atoms with Crippen LogP contribution in [0.3, 0.4) is 0 Å². The molecule has 2 aromatic rings. The Labute approximate surface area is 137 Å². The third kappa shape index (κ3) is 4.33. The Morgan fingerprint density at radius 3 is 2.48 bits per heavy atom. The van der Waals surface area contributed by atoms with Crippen LogP contribution in [0.4, 0.5) is 0 Å². The molecule has 0 fully saturated rings. The molecule has 0 spiro atoms. The van der Waals surface area contributed by atoms with E-state index in [0.717, 1.165) is 29.7 Å². The highest BCUT2D eigenvalue weighted by Gasteiger charge is 2.11. The van der Waals surface area contributed by atoms with Crippen LogP contribution in [0.1, 0.15) is 30.0 Å². The van der Waals surface area contributed by atoms with Gasteiger partial charge < -0.3 is 9.57 Å². The van der Waals surface area contributed by atoms with E-state index in [-0.39, 0.29) is 5.71 Å². The highest BCUT2D eigenvalue weighted by molar-refractivity contribution is 6.12. The van der Waals surface area contributed by atoms with E-state index >= 15 is 0 Å². The second-order valence-corrected chi connectivity index (χ2v) is 5.04. The van der Waals surface area contributed by atoms with Crippen molar-refractivity contribution in [2.45, 2.75) is 26.4 Å². The quantitative estimate of drug-likeness (QED) is 0.572. The van der Waals surface area contributed by atoms with Gasteiger partial charge in [0.2, 0.25) is 0 Å². The maximum atomic E-state index is 9.23. The van der Waals surface area contributed by atoms with Crippen LogP contribution in [0.15, 0.2) is 53.7 Å². The number of para-hydroxylation sites is 1. The normalized spacial score (nSPS) is 10.9. The molecule has 0 N–H and O–H groups in total. The molecule has 2 rings (SSSR count). The summed E-state index contributed by atoms with van der Waals surface area (Å²) >= 11 is 0. The van der Waals surface area contributed by atoms with Gasteiger partial charge in [0.05, 0.1) is 0 Å². The predicted octanol–water partition coefficient (Wildman–Crippen LogP) is 4.09. The van der Waals surface area contributed by atoms with E-state index in [0.29, 0.717) is 6.61 Å². The standard InChI is InChI=1S/C19H20N2O2/c1-3-8-15-9-5-7-12-19(15)23-14-16-10-4-6-11-17(16)18(13-20)21-22-2/h4-7,9-12H,3,8,14H2,1-2H3/b21-18-. The van der Waals surface area contributed by atoms with Gasteiger partial charge >= 0.3 is 0 Å². The maximum Gasteiger partial charge on any atom is 0.187 e. The van der Waals surface area contributed by atoms with Gasteiger partial charge in [-0.3, -0.25) is 0 Å². The van der Waals surface area contributed by atoms with Crippen LogP contribution in [-0.2, 0) is 17.9 Å². The van der Waals surface area contributed by atoms with Crippen LogP contribution in [0, 0.1) is 11.3 Å². The summed E-state index contributed by atoms with van der Waals surface area (Å²) in [5.41, 5.74) is 3.06. The lowest BCUT2D eigenvalue weighted by atomic mass is 10.0. The summed E-state index contributed by atoms with van der Waals surface area (Å²) in [4.78, 5) is 4.74. The molecule has 0 aliphatic heterocycles. The van der Waals surface area contributed by atoms with E-state index in [9.17, 15) is 5.26 Å². The fourth-order valence-electron chi connectivity index (χ4n) is 2.37. The Kier molecular flexibility index (Phi) is 6.19. The minimum Gasteiger partial charge on any atom is -0.489 e. The van der Waals surface area contributed by atoms with Crippen molar-refractivity contribution >= 4 is 5.71 Å². The first kappa shape index (κ1) is 16.6. The van der Waals surface area contributed by atoms with Crippen LogP contribution in [0.5, 0.6) is 5.75 Å². The van der Waals surface area contributed by atoms with Crippen LogP contribution in [0.2, 0.25) is 0 Å². The van der Waals surface area contributed by atoms with E-state index in [1.165, 1.54) is 12.7 Å². The number of hydrogen-bond acceptors (Lipinski definition) is 4. The number of ether oxygens (including phenoxy) is 1. The Bertz CT molecular complexity index is 717. The SMILES string of the molecule is CCCc1ccccc1OCc1ccccc1/C(C#N)=N\OC.